The summed E-state index contributed by atoms with van der Waals surface area (Å²) in [6, 6.07) is 6.23. The summed E-state index contributed by atoms with van der Waals surface area (Å²) in [6.45, 7) is 8.30. The standard InChI is InChI=1S/C13H18O2S/c1-5-15-13(14)11(4)16-12-7-6-9(2)10(3)8-12/h6-8,11H,5H2,1-4H3/t11-/m0/s1. The topological polar surface area (TPSA) is 26.3 Å². The number of thioether (sulfide) groups is 1. The first-order chi connectivity index (χ1) is 7.54. The van der Waals surface area contributed by atoms with Crippen molar-refractivity contribution in [3.05, 3.63) is 29.3 Å². The fourth-order valence-electron chi connectivity index (χ4n) is 1.30. The summed E-state index contributed by atoms with van der Waals surface area (Å²) >= 11 is 1.54. The Balaban J connectivity index is 2.66. The predicted octanol–water partition coefficient (Wildman–Crippen LogP) is 3.35. The monoisotopic (exact) mass is 238 g/mol. The zero-order valence-corrected chi connectivity index (χ0v) is 11.1. The molecule has 0 aromatic heterocycles. The summed E-state index contributed by atoms with van der Waals surface area (Å²) in [6.07, 6.45) is 0. The summed E-state index contributed by atoms with van der Waals surface area (Å²) in [5, 5.41) is -0.151. The van der Waals surface area contributed by atoms with Gasteiger partial charge in [-0.2, -0.15) is 0 Å². The highest BCUT2D eigenvalue weighted by Crippen LogP contribution is 2.25. The molecule has 16 heavy (non-hydrogen) atoms. The lowest BCUT2D eigenvalue weighted by Gasteiger charge is -2.11. The average molecular weight is 238 g/mol. The Kier molecular flexibility index (Phi) is 4.87. The Morgan fingerprint density at radius 1 is 1.38 bits per heavy atom. The van der Waals surface area contributed by atoms with Gasteiger partial charge in [0.25, 0.3) is 0 Å². The summed E-state index contributed by atoms with van der Waals surface area (Å²) in [7, 11) is 0. The summed E-state index contributed by atoms with van der Waals surface area (Å²) in [5.74, 6) is -0.147. The van der Waals surface area contributed by atoms with Crippen LogP contribution in [0.5, 0.6) is 0 Å². The Morgan fingerprint density at radius 2 is 2.06 bits per heavy atom. The van der Waals surface area contributed by atoms with Crippen LogP contribution in [0.15, 0.2) is 23.1 Å². The maximum Gasteiger partial charge on any atom is 0.319 e. The van der Waals surface area contributed by atoms with Crippen LogP contribution in [0.3, 0.4) is 0 Å². The van der Waals surface area contributed by atoms with E-state index in [1.807, 2.05) is 19.9 Å². The zero-order chi connectivity index (χ0) is 12.1. The van der Waals surface area contributed by atoms with Crippen LogP contribution in [0.1, 0.15) is 25.0 Å². The lowest BCUT2D eigenvalue weighted by molar-refractivity contribution is -0.142. The number of esters is 1. The van der Waals surface area contributed by atoms with Crippen molar-refractivity contribution in [2.45, 2.75) is 37.8 Å². The van der Waals surface area contributed by atoms with Crippen molar-refractivity contribution in [1.29, 1.82) is 0 Å². The van der Waals surface area contributed by atoms with Crippen LogP contribution < -0.4 is 0 Å². The van der Waals surface area contributed by atoms with Crippen molar-refractivity contribution in [3.8, 4) is 0 Å². The van der Waals surface area contributed by atoms with Gasteiger partial charge in [0, 0.05) is 4.90 Å². The van der Waals surface area contributed by atoms with Gasteiger partial charge in [-0.05, 0) is 51.0 Å². The molecule has 2 nitrogen and oxygen atoms in total. The third-order valence-electron chi connectivity index (χ3n) is 2.41. The molecule has 0 aliphatic rings. The van der Waals surface area contributed by atoms with Crippen LogP contribution in [-0.4, -0.2) is 17.8 Å². The molecule has 0 unspecified atom stereocenters. The largest absolute Gasteiger partial charge is 0.465 e. The Morgan fingerprint density at radius 3 is 2.62 bits per heavy atom. The van der Waals surface area contributed by atoms with E-state index in [1.165, 1.54) is 22.9 Å². The first-order valence-corrected chi connectivity index (χ1v) is 6.33. The highest BCUT2D eigenvalue weighted by Gasteiger charge is 2.15. The van der Waals surface area contributed by atoms with Gasteiger partial charge >= 0.3 is 5.97 Å². The molecule has 88 valence electrons. The molecule has 3 heteroatoms. The molecule has 0 fully saturated rings. The van der Waals surface area contributed by atoms with Gasteiger partial charge in [0.05, 0.1) is 6.61 Å². The molecule has 1 rings (SSSR count). The van der Waals surface area contributed by atoms with Crippen LogP contribution in [0.4, 0.5) is 0 Å². The molecule has 0 aliphatic carbocycles. The molecule has 0 saturated carbocycles. The van der Waals surface area contributed by atoms with Crippen molar-refractivity contribution in [2.75, 3.05) is 6.61 Å². The van der Waals surface area contributed by atoms with E-state index in [4.69, 9.17) is 4.74 Å². The van der Waals surface area contributed by atoms with Gasteiger partial charge in [0.1, 0.15) is 5.25 Å². The maximum absolute atomic E-state index is 11.5. The first-order valence-electron chi connectivity index (χ1n) is 5.45. The SMILES string of the molecule is CCOC(=O)[C@H](C)Sc1ccc(C)c(C)c1. The summed E-state index contributed by atoms with van der Waals surface area (Å²) in [5.41, 5.74) is 2.52. The molecule has 0 aliphatic heterocycles. The third-order valence-corrected chi connectivity index (χ3v) is 3.48. The number of rotatable bonds is 4. The minimum Gasteiger partial charge on any atom is -0.465 e. The second kappa shape index (κ2) is 5.94. The molecule has 1 atom stereocenters. The molecule has 1 aromatic rings. The smallest absolute Gasteiger partial charge is 0.319 e. The maximum atomic E-state index is 11.5. The van der Waals surface area contributed by atoms with Gasteiger partial charge in [-0.3, -0.25) is 4.79 Å². The van der Waals surface area contributed by atoms with Gasteiger partial charge in [-0.15, -0.1) is 11.8 Å². The van der Waals surface area contributed by atoms with Crippen LogP contribution in [0, 0.1) is 13.8 Å². The number of carbonyl (C=O) groups excluding carboxylic acids is 1. The second-order valence-electron chi connectivity index (χ2n) is 3.76. The van der Waals surface area contributed by atoms with E-state index < -0.39 is 0 Å². The molecular weight excluding hydrogens is 220 g/mol. The minimum absolute atomic E-state index is 0.147. The van der Waals surface area contributed by atoms with E-state index in [-0.39, 0.29) is 11.2 Å². The van der Waals surface area contributed by atoms with E-state index >= 15 is 0 Å². The molecule has 0 N–H and O–H groups in total. The number of hydrogen-bond donors (Lipinski definition) is 0. The van der Waals surface area contributed by atoms with Crippen molar-refractivity contribution in [3.63, 3.8) is 0 Å². The third kappa shape index (κ3) is 3.56. The fourth-order valence-corrected chi connectivity index (χ4v) is 2.26. The minimum atomic E-state index is -0.151. The normalized spacial score (nSPS) is 12.2. The van der Waals surface area contributed by atoms with E-state index in [0.29, 0.717) is 6.61 Å². The van der Waals surface area contributed by atoms with E-state index in [1.54, 1.807) is 0 Å². The molecule has 0 amide bonds. The van der Waals surface area contributed by atoms with Gasteiger partial charge in [-0.1, -0.05) is 6.07 Å². The summed E-state index contributed by atoms with van der Waals surface area (Å²) in [4.78, 5) is 12.6. The molecule has 1 aromatic carbocycles. The quantitative estimate of drug-likeness (QED) is 0.594. The van der Waals surface area contributed by atoms with Crippen molar-refractivity contribution in [1.82, 2.24) is 0 Å². The average Bonchev–Trinajstić information content (AvgIpc) is 2.24. The van der Waals surface area contributed by atoms with E-state index in [0.717, 1.165) is 4.90 Å². The van der Waals surface area contributed by atoms with Crippen LogP contribution >= 0.6 is 11.8 Å². The Bertz CT molecular complexity index is 374. The highest BCUT2D eigenvalue weighted by molar-refractivity contribution is 8.00. The van der Waals surface area contributed by atoms with Gasteiger partial charge in [0.2, 0.25) is 0 Å². The number of carbonyl (C=O) groups is 1. The lowest BCUT2D eigenvalue weighted by Crippen LogP contribution is -2.16. The number of aryl methyl sites for hydroxylation is 2. The predicted molar refractivity (Wildman–Crippen MR) is 67.9 cm³/mol. The molecule has 0 spiro atoms. The van der Waals surface area contributed by atoms with Crippen LogP contribution in [0.2, 0.25) is 0 Å². The van der Waals surface area contributed by atoms with Gasteiger partial charge in [0.15, 0.2) is 0 Å². The molecule has 0 heterocycles. The molecule has 0 radical (unpaired) electrons. The number of ether oxygens (including phenoxy) is 1. The highest BCUT2D eigenvalue weighted by atomic mass is 32.2. The van der Waals surface area contributed by atoms with E-state index in [2.05, 4.69) is 26.0 Å². The second-order valence-corrected chi connectivity index (χ2v) is 5.17. The van der Waals surface area contributed by atoms with E-state index in [9.17, 15) is 4.79 Å². The molecular formula is C13H18O2S. The summed E-state index contributed by atoms with van der Waals surface area (Å²) < 4.78 is 4.97. The fraction of sp³-hybridized carbons (Fsp3) is 0.462. The Hall–Kier alpha value is -0.960. The number of benzene rings is 1. The number of hydrogen-bond acceptors (Lipinski definition) is 3. The molecule has 0 bridgehead atoms. The van der Waals surface area contributed by atoms with Crippen molar-refractivity contribution < 1.29 is 9.53 Å². The van der Waals surface area contributed by atoms with Crippen LogP contribution in [-0.2, 0) is 9.53 Å². The van der Waals surface area contributed by atoms with Crippen LogP contribution in [0.25, 0.3) is 0 Å². The molecule has 0 saturated heterocycles. The van der Waals surface area contributed by atoms with Gasteiger partial charge < -0.3 is 4.74 Å². The lowest BCUT2D eigenvalue weighted by atomic mass is 10.1. The van der Waals surface area contributed by atoms with Gasteiger partial charge in [-0.25, -0.2) is 0 Å². The zero-order valence-electron chi connectivity index (χ0n) is 10.2. The first kappa shape index (κ1) is 13.1. The van der Waals surface area contributed by atoms with Crippen molar-refractivity contribution >= 4 is 17.7 Å². The van der Waals surface area contributed by atoms with Crippen molar-refractivity contribution in [2.24, 2.45) is 0 Å². The Labute approximate surface area is 101 Å².